The molecule has 0 amide bonds. The van der Waals surface area contributed by atoms with E-state index in [1.165, 1.54) is 10.5 Å². The Morgan fingerprint density at radius 2 is 2.00 bits per heavy atom. The maximum atomic E-state index is 6.23. The van der Waals surface area contributed by atoms with Crippen molar-refractivity contribution in [3.63, 3.8) is 0 Å². The Hall–Kier alpha value is -1.46. The minimum Gasteiger partial charge on any atom is -0.369 e. The number of nitrogens with two attached hydrogens (primary N) is 1. The Morgan fingerprint density at radius 3 is 2.74 bits per heavy atom. The maximum Gasteiger partial charge on any atom is 0.200 e. The summed E-state index contributed by atoms with van der Waals surface area (Å²) >= 11 is 5.28. The highest BCUT2D eigenvalue weighted by Gasteiger charge is 2.10. The molecule has 0 saturated carbocycles. The number of para-hydroxylation sites is 1. The normalized spacial score (nSPS) is 11.5. The fourth-order valence-electron chi connectivity index (χ4n) is 2.18. The molecule has 23 heavy (non-hydrogen) atoms. The van der Waals surface area contributed by atoms with Gasteiger partial charge in [-0.25, -0.2) is 4.99 Å². The fourth-order valence-corrected chi connectivity index (χ4v) is 3.49. The van der Waals surface area contributed by atoms with E-state index >= 15 is 0 Å². The molecule has 0 unspecified atom stereocenters. The molecule has 0 spiro atoms. The van der Waals surface area contributed by atoms with Gasteiger partial charge in [-0.1, -0.05) is 47.1 Å². The molecule has 0 heterocycles. The highest BCUT2D eigenvalue weighted by Crippen LogP contribution is 2.29. The molecular weight excluding hydrogens is 370 g/mol. The summed E-state index contributed by atoms with van der Waals surface area (Å²) in [6.45, 7) is 2.13. The van der Waals surface area contributed by atoms with Gasteiger partial charge in [0.15, 0.2) is 0 Å². The Labute approximate surface area is 151 Å². The summed E-state index contributed by atoms with van der Waals surface area (Å²) in [5.74, 6) is 1.51. The molecular formula is C18H22BrN3S. The average Bonchev–Trinajstić information content (AvgIpc) is 2.59. The quantitative estimate of drug-likeness (QED) is 0.332. The third-order valence-corrected chi connectivity index (χ3v) is 5.45. The summed E-state index contributed by atoms with van der Waals surface area (Å²) in [6, 6.07) is 16.4. The number of halogens is 1. The zero-order valence-corrected chi connectivity index (χ0v) is 15.9. The molecule has 0 bridgehead atoms. The second-order valence-electron chi connectivity index (χ2n) is 5.06. The minimum atomic E-state index is 0.491. The average molecular weight is 392 g/mol. The molecule has 2 aromatic rings. The molecule has 2 rings (SSSR count). The number of alkyl halides is 1. The van der Waals surface area contributed by atoms with Crippen LogP contribution >= 0.6 is 27.7 Å². The number of thioether (sulfide) groups is 1. The van der Waals surface area contributed by atoms with Gasteiger partial charge in [-0.2, -0.15) is 0 Å². The molecule has 3 nitrogen and oxygen atoms in total. The van der Waals surface area contributed by atoms with Crippen LogP contribution in [-0.4, -0.2) is 24.1 Å². The molecule has 0 radical (unpaired) electrons. The first-order valence-corrected chi connectivity index (χ1v) is 9.71. The molecule has 0 aromatic heterocycles. The lowest BCUT2D eigenvalue weighted by Crippen LogP contribution is -2.34. The SMILES string of the molecule is CCc1cccc(N=C(N)N(C)c2ccccc2SCCBr)c1. The smallest absolute Gasteiger partial charge is 0.200 e. The highest BCUT2D eigenvalue weighted by atomic mass is 79.9. The summed E-state index contributed by atoms with van der Waals surface area (Å²) in [5, 5.41) is 0.961. The van der Waals surface area contributed by atoms with Crippen molar-refractivity contribution in [2.75, 3.05) is 23.0 Å². The number of benzene rings is 2. The van der Waals surface area contributed by atoms with Crippen molar-refractivity contribution in [2.24, 2.45) is 10.7 Å². The Bertz CT molecular complexity index is 673. The predicted molar refractivity (Wildman–Crippen MR) is 106 cm³/mol. The summed E-state index contributed by atoms with van der Waals surface area (Å²) in [6.07, 6.45) is 0.991. The molecule has 122 valence electrons. The first-order chi connectivity index (χ1) is 11.2. The van der Waals surface area contributed by atoms with Crippen LogP contribution in [0.5, 0.6) is 0 Å². The summed E-state index contributed by atoms with van der Waals surface area (Å²) in [4.78, 5) is 7.71. The third-order valence-electron chi connectivity index (χ3n) is 3.47. The lowest BCUT2D eigenvalue weighted by molar-refractivity contribution is 1.13. The van der Waals surface area contributed by atoms with Gasteiger partial charge in [-0.15, -0.1) is 11.8 Å². The van der Waals surface area contributed by atoms with Crippen LogP contribution in [-0.2, 0) is 6.42 Å². The first kappa shape index (κ1) is 17.9. The van der Waals surface area contributed by atoms with Gasteiger partial charge in [0.05, 0.1) is 11.4 Å². The molecule has 0 aliphatic heterocycles. The van der Waals surface area contributed by atoms with Gasteiger partial charge >= 0.3 is 0 Å². The lowest BCUT2D eigenvalue weighted by Gasteiger charge is -2.21. The number of hydrogen-bond acceptors (Lipinski definition) is 2. The van der Waals surface area contributed by atoms with Crippen LogP contribution in [0.25, 0.3) is 0 Å². The number of aryl methyl sites for hydroxylation is 1. The van der Waals surface area contributed by atoms with Gasteiger partial charge in [0.2, 0.25) is 5.96 Å². The largest absolute Gasteiger partial charge is 0.369 e. The second-order valence-corrected chi connectivity index (χ2v) is 6.99. The first-order valence-electron chi connectivity index (χ1n) is 7.60. The molecule has 5 heteroatoms. The van der Waals surface area contributed by atoms with E-state index < -0.39 is 0 Å². The van der Waals surface area contributed by atoms with E-state index in [9.17, 15) is 0 Å². The summed E-state index contributed by atoms with van der Waals surface area (Å²) in [5.41, 5.74) is 9.45. The Morgan fingerprint density at radius 1 is 1.22 bits per heavy atom. The van der Waals surface area contributed by atoms with E-state index in [1.54, 1.807) is 11.8 Å². The predicted octanol–water partition coefficient (Wildman–Crippen LogP) is 4.82. The van der Waals surface area contributed by atoms with Crippen LogP contribution in [0.15, 0.2) is 58.4 Å². The molecule has 0 atom stereocenters. The number of nitrogens with zero attached hydrogens (tertiary/aromatic N) is 2. The molecule has 0 saturated heterocycles. The van der Waals surface area contributed by atoms with Crippen LogP contribution in [0.2, 0.25) is 0 Å². The van der Waals surface area contributed by atoms with Crippen molar-refractivity contribution in [1.82, 2.24) is 0 Å². The summed E-state index contributed by atoms with van der Waals surface area (Å²) in [7, 11) is 1.95. The van der Waals surface area contributed by atoms with Crippen LogP contribution in [0.1, 0.15) is 12.5 Å². The molecule has 0 aliphatic rings. The van der Waals surface area contributed by atoms with Gasteiger partial charge < -0.3 is 10.6 Å². The Balaban J connectivity index is 2.25. The van der Waals surface area contributed by atoms with Crippen molar-refractivity contribution < 1.29 is 0 Å². The van der Waals surface area contributed by atoms with E-state index in [-0.39, 0.29) is 0 Å². The van der Waals surface area contributed by atoms with Gasteiger partial charge in [0.25, 0.3) is 0 Å². The minimum absolute atomic E-state index is 0.491. The van der Waals surface area contributed by atoms with Crippen LogP contribution in [0.4, 0.5) is 11.4 Å². The molecule has 2 N–H and O–H groups in total. The third kappa shape index (κ3) is 5.01. The zero-order valence-electron chi connectivity index (χ0n) is 13.5. The van der Waals surface area contributed by atoms with E-state index in [4.69, 9.17) is 5.73 Å². The topological polar surface area (TPSA) is 41.6 Å². The summed E-state index contributed by atoms with van der Waals surface area (Å²) < 4.78 is 0. The van der Waals surface area contributed by atoms with Crippen molar-refractivity contribution in [2.45, 2.75) is 18.2 Å². The van der Waals surface area contributed by atoms with Crippen molar-refractivity contribution in [1.29, 1.82) is 0 Å². The van der Waals surface area contributed by atoms with Gasteiger partial charge in [0, 0.05) is 23.0 Å². The van der Waals surface area contributed by atoms with Gasteiger partial charge in [-0.3, -0.25) is 0 Å². The van der Waals surface area contributed by atoms with Crippen LogP contribution < -0.4 is 10.6 Å². The number of anilines is 1. The zero-order chi connectivity index (χ0) is 16.7. The molecule has 2 aromatic carbocycles. The number of guanidine groups is 1. The number of aliphatic imine (C=N–C) groups is 1. The second kappa shape index (κ2) is 8.99. The van der Waals surface area contributed by atoms with Gasteiger partial charge in [0.1, 0.15) is 0 Å². The number of rotatable bonds is 6. The lowest BCUT2D eigenvalue weighted by atomic mass is 10.1. The highest BCUT2D eigenvalue weighted by molar-refractivity contribution is 9.09. The van der Waals surface area contributed by atoms with Crippen LogP contribution in [0.3, 0.4) is 0 Å². The molecule has 0 aliphatic carbocycles. The van der Waals surface area contributed by atoms with E-state index in [2.05, 4.69) is 52.1 Å². The van der Waals surface area contributed by atoms with Crippen molar-refractivity contribution >= 4 is 45.0 Å². The fraction of sp³-hybridized carbons (Fsp3) is 0.278. The monoisotopic (exact) mass is 391 g/mol. The van der Waals surface area contributed by atoms with Crippen LogP contribution in [0, 0.1) is 0 Å². The van der Waals surface area contributed by atoms with E-state index in [1.807, 2.05) is 36.2 Å². The van der Waals surface area contributed by atoms with Gasteiger partial charge in [-0.05, 0) is 36.2 Å². The standard InChI is InChI=1S/C18H22BrN3S/c1-3-14-7-6-8-15(13-14)21-18(20)22(2)16-9-4-5-10-17(16)23-12-11-19/h4-10,13H,3,11-12H2,1-2H3,(H2,20,21). The van der Waals surface area contributed by atoms with Crippen molar-refractivity contribution in [3.8, 4) is 0 Å². The maximum absolute atomic E-state index is 6.23. The van der Waals surface area contributed by atoms with E-state index in [0.717, 1.165) is 28.9 Å². The molecule has 0 fully saturated rings. The Kier molecular flexibility index (Phi) is 6.99. The number of hydrogen-bond donors (Lipinski definition) is 1. The van der Waals surface area contributed by atoms with Crippen molar-refractivity contribution in [3.05, 3.63) is 54.1 Å². The van der Waals surface area contributed by atoms with E-state index in [0.29, 0.717) is 5.96 Å².